The minimum Gasteiger partial charge on any atom is -0.485 e. The molecule has 2 atom stereocenters. The maximum Gasteiger partial charge on any atom is 0.256 e. The van der Waals surface area contributed by atoms with E-state index in [1.54, 1.807) is 42.9 Å². The lowest BCUT2D eigenvalue weighted by molar-refractivity contribution is 0.102. The van der Waals surface area contributed by atoms with Crippen LogP contribution in [0.5, 0.6) is 5.75 Å². The summed E-state index contributed by atoms with van der Waals surface area (Å²) in [6, 6.07) is 13.2. The number of carbonyl (C=O) groups excluding carboxylic acids is 1. The van der Waals surface area contributed by atoms with Gasteiger partial charge >= 0.3 is 0 Å². The number of carbonyl (C=O) groups is 1. The van der Waals surface area contributed by atoms with E-state index in [9.17, 15) is 13.2 Å². The first-order valence-electron chi connectivity index (χ1n) is 11.2. The molecule has 1 aliphatic rings. The van der Waals surface area contributed by atoms with Crippen molar-refractivity contribution in [3.05, 3.63) is 78.2 Å². The summed E-state index contributed by atoms with van der Waals surface area (Å²) in [7, 11) is -3.70. The van der Waals surface area contributed by atoms with E-state index < -0.39 is 15.9 Å². The summed E-state index contributed by atoms with van der Waals surface area (Å²) in [5.74, 6) is 0.783. The van der Waals surface area contributed by atoms with Crippen molar-refractivity contribution >= 4 is 21.7 Å². The third kappa shape index (κ3) is 5.60. The first-order valence-corrected chi connectivity index (χ1v) is 12.6. The van der Waals surface area contributed by atoms with Crippen molar-refractivity contribution in [2.45, 2.75) is 31.8 Å². The number of nitrogens with zero attached hydrogens (tertiary/aromatic N) is 3. The van der Waals surface area contributed by atoms with Gasteiger partial charge in [-0.2, -0.15) is 4.31 Å². The first kappa shape index (κ1) is 23.8. The van der Waals surface area contributed by atoms with Gasteiger partial charge in [0.05, 0.1) is 4.90 Å². The minimum atomic E-state index is -3.70. The summed E-state index contributed by atoms with van der Waals surface area (Å²) in [6.45, 7) is 5.37. The molecule has 2 aromatic heterocycles. The van der Waals surface area contributed by atoms with E-state index in [0.29, 0.717) is 30.7 Å². The Balaban J connectivity index is 1.50. The average molecular weight is 481 g/mol. The smallest absolute Gasteiger partial charge is 0.256 e. The second kappa shape index (κ2) is 10.3. The summed E-state index contributed by atoms with van der Waals surface area (Å²) < 4.78 is 33.8. The highest BCUT2D eigenvalue weighted by Crippen LogP contribution is 2.28. The van der Waals surface area contributed by atoms with Crippen LogP contribution in [-0.2, 0) is 16.6 Å². The number of hydrogen-bond acceptors (Lipinski definition) is 6. The molecule has 1 N–H and O–H groups in total. The molecule has 1 fully saturated rings. The second-order valence-corrected chi connectivity index (χ2v) is 10.7. The van der Waals surface area contributed by atoms with Crippen LogP contribution in [0.25, 0.3) is 0 Å². The predicted molar refractivity (Wildman–Crippen MR) is 129 cm³/mol. The van der Waals surface area contributed by atoms with Crippen molar-refractivity contribution in [1.29, 1.82) is 0 Å². The topological polar surface area (TPSA) is 101 Å². The molecule has 0 bridgehead atoms. The van der Waals surface area contributed by atoms with Gasteiger partial charge < -0.3 is 10.1 Å². The van der Waals surface area contributed by atoms with Crippen LogP contribution in [0.3, 0.4) is 0 Å². The van der Waals surface area contributed by atoms with Crippen LogP contribution in [0.1, 0.15) is 36.2 Å². The number of piperidine rings is 1. The van der Waals surface area contributed by atoms with Crippen molar-refractivity contribution in [3.63, 3.8) is 0 Å². The highest BCUT2D eigenvalue weighted by molar-refractivity contribution is 7.89. The molecule has 1 aromatic carbocycles. The summed E-state index contributed by atoms with van der Waals surface area (Å²) in [4.78, 5) is 21.3. The van der Waals surface area contributed by atoms with Crippen molar-refractivity contribution in [3.8, 4) is 5.75 Å². The van der Waals surface area contributed by atoms with Gasteiger partial charge in [-0.1, -0.05) is 19.9 Å². The third-order valence-corrected chi connectivity index (χ3v) is 7.54. The van der Waals surface area contributed by atoms with Crippen molar-refractivity contribution in [1.82, 2.24) is 14.3 Å². The molecular weight excluding hydrogens is 452 g/mol. The number of hydrogen-bond donors (Lipinski definition) is 1. The van der Waals surface area contributed by atoms with Crippen LogP contribution in [-0.4, -0.2) is 41.7 Å². The zero-order chi connectivity index (χ0) is 24.1. The maximum atomic E-state index is 13.2. The molecule has 1 saturated heterocycles. The number of sulfonamides is 1. The minimum absolute atomic E-state index is 0.108. The van der Waals surface area contributed by atoms with Gasteiger partial charge in [0, 0.05) is 37.2 Å². The molecule has 3 aromatic rings. The highest BCUT2D eigenvalue weighted by atomic mass is 32.2. The van der Waals surface area contributed by atoms with Crippen LogP contribution in [0.15, 0.2) is 72.0 Å². The van der Waals surface area contributed by atoms with Gasteiger partial charge in [-0.3, -0.25) is 9.78 Å². The zero-order valence-electron chi connectivity index (χ0n) is 19.2. The summed E-state index contributed by atoms with van der Waals surface area (Å²) in [5.41, 5.74) is 1.15. The molecule has 34 heavy (non-hydrogen) atoms. The Morgan fingerprint density at radius 3 is 2.53 bits per heavy atom. The van der Waals surface area contributed by atoms with E-state index in [1.165, 1.54) is 16.4 Å². The maximum absolute atomic E-state index is 13.2. The number of nitrogens with one attached hydrogen (secondary N) is 1. The van der Waals surface area contributed by atoms with Gasteiger partial charge in [0.25, 0.3) is 5.91 Å². The van der Waals surface area contributed by atoms with Crippen molar-refractivity contribution in [2.24, 2.45) is 11.8 Å². The zero-order valence-corrected chi connectivity index (χ0v) is 20.0. The number of pyridine rings is 2. The number of amides is 1. The number of rotatable bonds is 7. The SMILES string of the molecule is CC1CC(C)CN(S(=O)(=O)c2cccc(C(=O)Nc3ncccc3OCc3ccncc3)c2)C1. The molecule has 4 rings (SSSR count). The van der Waals surface area contributed by atoms with Crippen molar-refractivity contribution < 1.29 is 17.9 Å². The predicted octanol–water partition coefficient (Wildman–Crippen LogP) is 3.97. The van der Waals surface area contributed by atoms with Crippen molar-refractivity contribution in [2.75, 3.05) is 18.4 Å². The summed E-state index contributed by atoms with van der Waals surface area (Å²) >= 11 is 0. The molecule has 178 valence electrons. The first-order chi connectivity index (χ1) is 16.3. The van der Waals surface area contributed by atoms with Gasteiger partial charge in [-0.25, -0.2) is 13.4 Å². The lowest BCUT2D eigenvalue weighted by atomic mass is 9.94. The fraction of sp³-hybridized carbons (Fsp3) is 0.320. The molecule has 1 amide bonds. The molecule has 0 aliphatic carbocycles. The fourth-order valence-corrected chi connectivity index (χ4v) is 5.90. The standard InChI is InChI=1S/C25H28N4O4S/c1-18-13-19(2)16-29(15-18)34(31,32)22-6-3-5-21(14-22)25(30)28-24-23(7-4-10-27-24)33-17-20-8-11-26-12-9-20/h3-12,14,18-19H,13,15-17H2,1-2H3,(H,27,28,30). The molecule has 8 nitrogen and oxygen atoms in total. The summed E-state index contributed by atoms with van der Waals surface area (Å²) in [6.07, 6.45) is 5.91. The monoisotopic (exact) mass is 480 g/mol. The van der Waals surface area contributed by atoms with Crippen LogP contribution in [0.2, 0.25) is 0 Å². The molecule has 9 heteroatoms. The molecular formula is C25H28N4O4S. The lowest BCUT2D eigenvalue weighted by Crippen LogP contribution is -2.42. The van der Waals surface area contributed by atoms with E-state index in [1.807, 2.05) is 12.1 Å². The highest BCUT2D eigenvalue weighted by Gasteiger charge is 2.32. The molecule has 0 saturated carbocycles. The third-order valence-electron chi connectivity index (χ3n) is 5.72. The fourth-order valence-electron chi connectivity index (χ4n) is 4.17. The largest absolute Gasteiger partial charge is 0.485 e. The number of aromatic nitrogens is 2. The Hall–Kier alpha value is -3.30. The number of ether oxygens (including phenoxy) is 1. The Bertz CT molecular complexity index is 1240. The van der Waals surface area contributed by atoms with Crippen LogP contribution < -0.4 is 10.1 Å². The van der Waals surface area contributed by atoms with Crippen LogP contribution in [0, 0.1) is 11.8 Å². The van der Waals surface area contributed by atoms with E-state index in [-0.39, 0.29) is 22.9 Å². The van der Waals surface area contributed by atoms with E-state index >= 15 is 0 Å². The average Bonchev–Trinajstić information content (AvgIpc) is 2.83. The number of benzene rings is 1. The Labute approximate surface area is 200 Å². The van der Waals surface area contributed by atoms with E-state index in [4.69, 9.17) is 4.74 Å². The lowest BCUT2D eigenvalue weighted by Gasteiger charge is -2.34. The van der Waals surface area contributed by atoms with Crippen LogP contribution in [0.4, 0.5) is 5.82 Å². The van der Waals surface area contributed by atoms with E-state index in [2.05, 4.69) is 29.1 Å². The molecule has 0 radical (unpaired) electrons. The Morgan fingerprint density at radius 1 is 1.06 bits per heavy atom. The quantitative estimate of drug-likeness (QED) is 0.549. The Kier molecular flexibility index (Phi) is 7.23. The van der Waals surface area contributed by atoms with Gasteiger partial charge in [-0.05, 0) is 66.3 Å². The summed E-state index contributed by atoms with van der Waals surface area (Å²) in [5, 5.41) is 2.74. The van der Waals surface area contributed by atoms with E-state index in [0.717, 1.165) is 12.0 Å². The second-order valence-electron chi connectivity index (χ2n) is 8.74. The number of anilines is 1. The van der Waals surface area contributed by atoms with Gasteiger partial charge in [0.2, 0.25) is 10.0 Å². The van der Waals surface area contributed by atoms with Gasteiger partial charge in [-0.15, -0.1) is 0 Å². The van der Waals surface area contributed by atoms with Crippen LogP contribution >= 0.6 is 0 Å². The molecule has 2 unspecified atom stereocenters. The molecule has 3 heterocycles. The van der Waals surface area contributed by atoms with Gasteiger partial charge in [0.1, 0.15) is 6.61 Å². The molecule has 1 aliphatic heterocycles. The van der Waals surface area contributed by atoms with Gasteiger partial charge in [0.15, 0.2) is 11.6 Å². The Morgan fingerprint density at radius 2 is 1.79 bits per heavy atom. The molecule has 0 spiro atoms. The normalized spacial score (nSPS) is 18.9.